The summed E-state index contributed by atoms with van der Waals surface area (Å²) in [5.74, 6) is 1.08. The lowest BCUT2D eigenvalue weighted by Crippen LogP contribution is -1.87. The topological polar surface area (TPSA) is 51.8 Å². The number of benzene rings is 1. The summed E-state index contributed by atoms with van der Waals surface area (Å²) in [7, 11) is 0. The Morgan fingerprint density at radius 2 is 2.05 bits per heavy atom. The van der Waals surface area contributed by atoms with Crippen LogP contribution in [0.3, 0.4) is 0 Å². The van der Waals surface area contributed by atoms with Gasteiger partial charge in [0, 0.05) is 20.9 Å². The van der Waals surface area contributed by atoms with Crippen LogP contribution in [0.15, 0.2) is 50.8 Å². The highest BCUT2D eigenvalue weighted by molar-refractivity contribution is 9.10. The van der Waals surface area contributed by atoms with E-state index in [4.69, 9.17) is 4.52 Å². The molecular weight excluding hydrogens is 362 g/mol. The average Bonchev–Trinajstić information content (AvgIpc) is 3.15. The molecule has 0 fully saturated rings. The summed E-state index contributed by atoms with van der Waals surface area (Å²) in [5.41, 5.74) is 2.70. The molecular formula is C16H10BrN3OS. The molecule has 3 aromatic heterocycles. The minimum absolute atomic E-state index is 0.489. The minimum Gasteiger partial charge on any atom is -0.334 e. The van der Waals surface area contributed by atoms with Gasteiger partial charge in [0.25, 0.3) is 5.89 Å². The molecule has 0 unspecified atom stereocenters. The van der Waals surface area contributed by atoms with E-state index in [1.165, 1.54) is 0 Å². The number of aryl methyl sites for hydroxylation is 1. The Hall–Kier alpha value is -2.05. The fourth-order valence-corrected chi connectivity index (χ4v) is 3.63. The van der Waals surface area contributed by atoms with Gasteiger partial charge in [-0.05, 0) is 41.1 Å². The number of hydrogen-bond donors (Lipinski definition) is 0. The zero-order valence-corrected chi connectivity index (χ0v) is 14.0. The smallest absolute Gasteiger partial charge is 0.260 e. The first-order chi connectivity index (χ1) is 10.7. The van der Waals surface area contributed by atoms with Crippen molar-refractivity contribution in [2.75, 3.05) is 0 Å². The third-order valence-electron chi connectivity index (χ3n) is 3.30. The Kier molecular flexibility index (Phi) is 3.28. The maximum absolute atomic E-state index is 5.45. The third kappa shape index (κ3) is 2.34. The van der Waals surface area contributed by atoms with Gasteiger partial charge in [-0.25, -0.2) is 0 Å². The second-order valence-corrected chi connectivity index (χ2v) is 6.71. The molecule has 3 heterocycles. The number of halogens is 1. The van der Waals surface area contributed by atoms with Crippen LogP contribution in [0.2, 0.25) is 0 Å². The molecule has 4 nitrogen and oxygen atoms in total. The summed E-state index contributed by atoms with van der Waals surface area (Å²) in [6.45, 7) is 1.97. The standard InChI is InChI=1S/C16H10BrN3OS/c1-9-5-6-10-3-2-4-12(14(10)18-9)16-19-15(20-21-16)13-7-11(17)8-22-13/h2-8H,1H3. The fraction of sp³-hybridized carbons (Fsp3) is 0.0625. The van der Waals surface area contributed by atoms with E-state index in [0.717, 1.165) is 31.5 Å². The van der Waals surface area contributed by atoms with Crippen molar-refractivity contribution in [1.29, 1.82) is 0 Å². The molecule has 6 heteroatoms. The van der Waals surface area contributed by atoms with Crippen molar-refractivity contribution in [3.8, 4) is 22.2 Å². The molecule has 0 atom stereocenters. The summed E-state index contributed by atoms with van der Waals surface area (Å²) < 4.78 is 6.47. The van der Waals surface area contributed by atoms with Gasteiger partial charge in [-0.15, -0.1) is 11.3 Å². The van der Waals surface area contributed by atoms with Gasteiger partial charge in [-0.3, -0.25) is 4.98 Å². The molecule has 0 spiro atoms. The van der Waals surface area contributed by atoms with Crippen molar-refractivity contribution in [1.82, 2.24) is 15.1 Å². The van der Waals surface area contributed by atoms with Crippen LogP contribution in [0.5, 0.6) is 0 Å². The van der Waals surface area contributed by atoms with E-state index in [2.05, 4.69) is 37.1 Å². The Balaban J connectivity index is 1.86. The van der Waals surface area contributed by atoms with Gasteiger partial charge in [0.05, 0.1) is 16.0 Å². The van der Waals surface area contributed by atoms with E-state index in [1.807, 2.05) is 42.6 Å². The molecule has 1 aromatic carbocycles. The van der Waals surface area contributed by atoms with E-state index in [0.29, 0.717) is 11.7 Å². The molecule has 0 N–H and O–H groups in total. The highest BCUT2D eigenvalue weighted by Gasteiger charge is 2.15. The molecule has 4 rings (SSSR count). The molecule has 108 valence electrons. The molecule has 0 saturated heterocycles. The maximum atomic E-state index is 5.45. The number of rotatable bonds is 2. The molecule has 0 aliphatic carbocycles. The molecule has 0 saturated carbocycles. The average molecular weight is 372 g/mol. The number of fused-ring (bicyclic) bond motifs is 1. The molecule has 4 aromatic rings. The highest BCUT2D eigenvalue weighted by atomic mass is 79.9. The maximum Gasteiger partial charge on any atom is 0.260 e. The van der Waals surface area contributed by atoms with Crippen LogP contribution in [0.1, 0.15) is 5.69 Å². The van der Waals surface area contributed by atoms with Gasteiger partial charge in [-0.1, -0.05) is 23.4 Å². The van der Waals surface area contributed by atoms with E-state index in [1.54, 1.807) is 11.3 Å². The third-order valence-corrected chi connectivity index (χ3v) is 4.99. The summed E-state index contributed by atoms with van der Waals surface area (Å²) in [6.07, 6.45) is 0. The zero-order chi connectivity index (χ0) is 15.1. The summed E-state index contributed by atoms with van der Waals surface area (Å²) >= 11 is 5.01. The highest BCUT2D eigenvalue weighted by Crippen LogP contribution is 2.31. The van der Waals surface area contributed by atoms with Crippen molar-refractivity contribution >= 4 is 38.2 Å². The fourth-order valence-electron chi connectivity index (χ4n) is 2.28. The van der Waals surface area contributed by atoms with E-state index in [-0.39, 0.29) is 0 Å². The molecule has 22 heavy (non-hydrogen) atoms. The minimum atomic E-state index is 0.489. The Morgan fingerprint density at radius 3 is 2.86 bits per heavy atom. The summed E-state index contributed by atoms with van der Waals surface area (Å²) in [5, 5.41) is 7.13. The number of thiophene rings is 1. The Morgan fingerprint density at radius 1 is 1.14 bits per heavy atom. The van der Waals surface area contributed by atoms with Gasteiger partial charge in [0.2, 0.25) is 5.82 Å². The second kappa shape index (κ2) is 5.30. The normalized spacial score (nSPS) is 11.2. The lowest BCUT2D eigenvalue weighted by molar-refractivity contribution is 0.433. The van der Waals surface area contributed by atoms with E-state index in [9.17, 15) is 0 Å². The molecule has 0 radical (unpaired) electrons. The molecule has 0 amide bonds. The number of nitrogens with zero attached hydrogens (tertiary/aromatic N) is 3. The van der Waals surface area contributed by atoms with Crippen LogP contribution in [0, 0.1) is 6.92 Å². The monoisotopic (exact) mass is 371 g/mol. The quantitative estimate of drug-likeness (QED) is 0.492. The van der Waals surface area contributed by atoms with Crippen LogP contribution < -0.4 is 0 Å². The van der Waals surface area contributed by atoms with Crippen LogP contribution in [0.25, 0.3) is 33.1 Å². The predicted octanol–water partition coefficient (Wildman–Crippen LogP) is 5.08. The van der Waals surface area contributed by atoms with E-state index < -0.39 is 0 Å². The number of hydrogen-bond acceptors (Lipinski definition) is 5. The lowest BCUT2D eigenvalue weighted by atomic mass is 10.1. The Bertz CT molecular complexity index is 976. The predicted molar refractivity (Wildman–Crippen MR) is 90.8 cm³/mol. The SMILES string of the molecule is Cc1ccc2cccc(-c3nc(-c4cc(Br)cs4)no3)c2n1. The largest absolute Gasteiger partial charge is 0.334 e. The Labute approximate surface area is 139 Å². The van der Waals surface area contributed by atoms with Gasteiger partial charge in [-0.2, -0.15) is 4.98 Å². The first kappa shape index (κ1) is 13.6. The van der Waals surface area contributed by atoms with Crippen LogP contribution in [0.4, 0.5) is 0 Å². The van der Waals surface area contributed by atoms with E-state index >= 15 is 0 Å². The van der Waals surface area contributed by atoms with Crippen molar-refractivity contribution in [2.24, 2.45) is 0 Å². The first-order valence-electron chi connectivity index (χ1n) is 6.65. The van der Waals surface area contributed by atoms with Gasteiger partial charge >= 0.3 is 0 Å². The first-order valence-corrected chi connectivity index (χ1v) is 8.33. The van der Waals surface area contributed by atoms with Crippen molar-refractivity contribution in [3.63, 3.8) is 0 Å². The number of aromatic nitrogens is 3. The van der Waals surface area contributed by atoms with Crippen molar-refractivity contribution in [2.45, 2.75) is 6.92 Å². The summed E-state index contributed by atoms with van der Waals surface area (Å²) in [4.78, 5) is 10.1. The van der Waals surface area contributed by atoms with Crippen LogP contribution in [-0.2, 0) is 0 Å². The van der Waals surface area contributed by atoms with Crippen molar-refractivity contribution in [3.05, 3.63) is 51.9 Å². The van der Waals surface area contributed by atoms with Gasteiger partial charge in [0.15, 0.2) is 0 Å². The summed E-state index contributed by atoms with van der Waals surface area (Å²) in [6, 6.07) is 12.0. The van der Waals surface area contributed by atoms with Gasteiger partial charge < -0.3 is 4.52 Å². The van der Waals surface area contributed by atoms with Crippen molar-refractivity contribution < 1.29 is 4.52 Å². The zero-order valence-electron chi connectivity index (χ0n) is 11.6. The molecule has 0 bridgehead atoms. The lowest BCUT2D eigenvalue weighted by Gasteiger charge is -2.02. The molecule has 0 aliphatic rings. The van der Waals surface area contributed by atoms with Gasteiger partial charge in [0.1, 0.15) is 0 Å². The number of para-hydroxylation sites is 1. The molecule has 0 aliphatic heterocycles. The second-order valence-electron chi connectivity index (χ2n) is 4.88. The van der Waals surface area contributed by atoms with Crippen LogP contribution in [-0.4, -0.2) is 15.1 Å². The van der Waals surface area contributed by atoms with Crippen LogP contribution >= 0.6 is 27.3 Å². The number of pyridine rings is 1.